The first-order valence-electron chi connectivity index (χ1n) is 8.68. The zero-order valence-electron chi connectivity index (χ0n) is 14.8. The molecule has 2 aromatic rings. The van der Waals surface area contributed by atoms with Crippen LogP contribution in [-0.2, 0) is 9.53 Å². The van der Waals surface area contributed by atoms with E-state index in [1.807, 2.05) is 24.3 Å². The van der Waals surface area contributed by atoms with E-state index in [1.54, 1.807) is 41.3 Å². The highest BCUT2D eigenvalue weighted by atomic mass is 79.9. The van der Waals surface area contributed by atoms with Gasteiger partial charge in [0.15, 0.2) is 12.4 Å². The van der Waals surface area contributed by atoms with Crippen molar-refractivity contribution in [3.05, 3.63) is 70.2 Å². The number of amides is 1. The molecule has 1 aliphatic heterocycles. The van der Waals surface area contributed by atoms with Crippen LogP contribution in [0.5, 0.6) is 5.75 Å². The highest BCUT2D eigenvalue weighted by Crippen LogP contribution is 2.15. The minimum atomic E-state index is -0.0917. The van der Waals surface area contributed by atoms with Crippen molar-refractivity contribution in [2.24, 2.45) is 0 Å². The predicted molar refractivity (Wildman–Crippen MR) is 107 cm³/mol. The summed E-state index contributed by atoms with van der Waals surface area (Å²) in [5, 5.41) is 0. The first-order valence-corrected chi connectivity index (χ1v) is 9.47. The van der Waals surface area contributed by atoms with Crippen molar-refractivity contribution < 1.29 is 19.1 Å². The molecule has 1 aliphatic rings. The van der Waals surface area contributed by atoms with Crippen LogP contribution >= 0.6 is 15.9 Å². The van der Waals surface area contributed by atoms with E-state index < -0.39 is 0 Å². The number of halogens is 1. The van der Waals surface area contributed by atoms with Crippen molar-refractivity contribution >= 4 is 33.7 Å². The van der Waals surface area contributed by atoms with Crippen molar-refractivity contribution in [1.82, 2.24) is 4.90 Å². The molecule has 2 aromatic carbocycles. The van der Waals surface area contributed by atoms with Gasteiger partial charge < -0.3 is 14.4 Å². The zero-order chi connectivity index (χ0) is 19.1. The van der Waals surface area contributed by atoms with Gasteiger partial charge in [-0.2, -0.15) is 0 Å². The maximum Gasteiger partial charge on any atom is 0.260 e. The Labute approximate surface area is 166 Å². The molecular formula is C21H20BrNO4. The Hall–Kier alpha value is -2.44. The van der Waals surface area contributed by atoms with E-state index >= 15 is 0 Å². The summed E-state index contributed by atoms with van der Waals surface area (Å²) in [6.45, 7) is 2.31. The number of carbonyl (C=O) groups excluding carboxylic acids is 2. The maximum absolute atomic E-state index is 12.3. The van der Waals surface area contributed by atoms with E-state index in [0.717, 1.165) is 10.0 Å². The molecule has 140 valence electrons. The van der Waals surface area contributed by atoms with E-state index in [0.29, 0.717) is 37.6 Å². The van der Waals surface area contributed by atoms with Gasteiger partial charge in [0.05, 0.1) is 13.2 Å². The number of hydrogen-bond donors (Lipinski definition) is 0. The second-order valence-electron chi connectivity index (χ2n) is 6.06. The van der Waals surface area contributed by atoms with Crippen LogP contribution in [0.4, 0.5) is 0 Å². The highest BCUT2D eigenvalue weighted by molar-refractivity contribution is 9.10. The fourth-order valence-electron chi connectivity index (χ4n) is 2.64. The van der Waals surface area contributed by atoms with Crippen LogP contribution in [0.3, 0.4) is 0 Å². The number of hydrogen-bond acceptors (Lipinski definition) is 4. The van der Waals surface area contributed by atoms with Gasteiger partial charge in [0.1, 0.15) is 5.75 Å². The molecule has 0 saturated carbocycles. The topological polar surface area (TPSA) is 55.8 Å². The molecule has 6 heteroatoms. The molecule has 27 heavy (non-hydrogen) atoms. The van der Waals surface area contributed by atoms with Crippen molar-refractivity contribution in [2.45, 2.75) is 0 Å². The molecule has 1 fully saturated rings. The first kappa shape index (κ1) is 19.3. The molecule has 3 rings (SSSR count). The van der Waals surface area contributed by atoms with E-state index in [4.69, 9.17) is 9.47 Å². The number of morpholine rings is 1. The Morgan fingerprint density at radius 1 is 1.11 bits per heavy atom. The third-order valence-electron chi connectivity index (χ3n) is 4.14. The Morgan fingerprint density at radius 3 is 2.56 bits per heavy atom. The van der Waals surface area contributed by atoms with Crippen molar-refractivity contribution in [3.63, 3.8) is 0 Å². The fourth-order valence-corrected chi connectivity index (χ4v) is 3.06. The van der Waals surface area contributed by atoms with Gasteiger partial charge in [-0.15, -0.1) is 0 Å². The van der Waals surface area contributed by atoms with Crippen molar-refractivity contribution in [1.29, 1.82) is 0 Å². The molecular weight excluding hydrogens is 410 g/mol. The van der Waals surface area contributed by atoms with Gasteiger partial charge in [0, 0.05) is 23.1 Å². The van der Waals surface area contributed by atoms with Crippen LogP contribution in [0, 0.1) is 0 Å². The molecule has 0 spiro atoms. The van der Waals surface area contributed by atoms with Crippen LogP contribution in [0.25, 0.3) is 6.08 Å². The van der Waals surface area contributed by atoms with E-state index in [-0.39, 0.29) is 18.3 Å². The normalized spacial score (nSPS) is 14.3. The molecule has 0 bridgehead atoms. The Morgan fingerprint density at radius 2 is 1.85 bits per heavy atom. The predicted octanol–water partition coefficient (Wildman–Crippen LogP) is 3.58. The van der Waals surface area contributed by atoms with Crippen LogP contribution in [-0.4, -0.2) is 49.5 Å². The Kier molecular flexibility index (Phi) is 6.79. The van der Waals surface area contributed by atoms with Crippen LogP contribution in [0.15, 0.2) is 59.1 Å². The summed E-state index contributed by atoms with van der Waals surface area (Å²) in [7, 11) is 0. The lowest BCUT2D eigenvalue weighted by molar-refractivity contribution is -0.137. The molecule has 1 saturated heterocycles. The lowest BCUT2D eigenvalue weighted by atomic mass is 10.1. The molecule has 0 atom stereocenters. The summed E-state index contributed by atoms with van der Waals surface area (Å²) >= 11 is 3.41. The van der Waals surface area contributed by atoms with Crippen LogP contribution < -0.4 is 4.74 Å². The number of rotatable bonds is 6. The lowest BCUT2D eigenvalue weighted by Crippen LogP contribution is -2.42. The standard InChI is InChI=1S/C21H20BrNO4/c22-18-3-1-2-16(14-18)4-9-20(24)17-5-7-19(8-6-17)27-15-21(25)23-10-12-26-13-11-23/h1-9,14H,10-13,15H2/b9-4+. The van der Waals surface area contributed by atoms with Gasteiger partial charge in [0.25, 0.3) is 5.91 Å². The van der Waals surface area contributed by atoms with Crippen molar-refractivity contribution in [3.8, 4) is 5.75 Å². The van der Waals surface area contributed by atoms with Gasteiger partial charge >= 0.3 is 0 Å². The SMILES string of the molecule is O=C(/C=C/c1cccc(Br)c1)c1ccc(OCC(=O)N2CCOCC2)cc1. The second kappa shape index (κ2) is 9.48. The number of nitrogens with zero attached hydrogens (tertiary/aromatic N) is 1. The minimum Gasteiger partial charge on any atom is -0.484 e. The van der Waals surface area contributed by atoms with Crippen molar-refractivity contribution in [2.75, 3.05) is 32.9 Å². The molecule has 0 N–H and O–H groups in total. The summed E-state index contributed by atoms with van der Waals surface area (Å²) in [4.78, 5) is 26.1. The monoisotopic (exact) mass is 429 g/mol. The molecule has 1 amide bonds. The first-order chi connectivity index (χ1) is 13.1. The maximum atomic E-state index is 12.3. The minimum absolute atomic E-state index is 0.0178. The summed E-state index contributed by atoms with van der Waals surface area (Å²) in [5.41, 5.74) is 1.51. The van der Waals surface area contributed by atoms with Crippen LogP contribution in [0.2, 0.25) is 0 Å². The number of ether oxygens (including phenoxy) is 2. The van der Waals surface area contributed by atoms with Gasteiger partial charge in [-0.25, -0.2) is 0 Å². The van der Waals surface area contributed by atoms with E-state index in [1.165, 1.54) is 0 Å². The molecule has 0 radical (unpaired) electrons. The fraction of sp³-hybridized carbons (Fsp3) is 0.238. The number of allylic oxidation sites excluding steroid dienone is 1. The summed E-state index contributed by atoms with van der Waals surface area (Å²) < 4.78 is 11.7. The zero-order valence-corrected chi connectivity index (χ0v) is 16.4. The smallest absolute Gasteiger partial charge is 0.260 e. The van der Waals surface area contributed by atoms with E-state index in [2.05, 4.69) is 15.9 Å². The number of benzene rings is 2. The summed E-state index contributed by atoms with van der Waals surface area (Å²) in [6.07, 6.45) is 3.32. The third kappa shape index (κ3) is 5.77. The summed E-state index contributed by atoms with van der Waals surface area (Å²) in [5.74, 6) is 0.408. The second-order valence-corrected chi connectivity index (χ2v) is 6.97. The number of ketones is 1. The Balaban J connectivity index is 1.53. The summed E-state index contributed by atoms with van der Waals surface area (Å²) in [6, 6.07) is 14.5. The molecule has 0 unspecified atom stereocenters. The molecule has 0 aliphatic carbocycles. The quantitative estimate of drug-likeness (QED) is 0.520. The third-order valence-corrected chi connectivity index (χ3v) is 4.63. The molecule has 0 aromatic heterocycles. The van der Waals surface area contributed by atoms with Crippen LogP contribution in [0.1, 0.15) is 15.9 Å². The average molecular weight is 430 g/mol. The molecule has 5 nitrogen and oxygen atoms in total. The molecule has 1 heterocycles. The highest BCUT2D eigenvalue weighted by Gasteiger charge is 2.17. The Bertz CT molecular complexity index is 826. The van der Waals surface area contributed by atoms with Gasteiger partial charge in [-0.05, 0) is 48.0 Å². The lowest BCUT2D eigenvalue weighted by Gasteiger charge is -2.26. The number of carbonyl (C=O) groups is 2. The average Bonchev–Trinajstić information content (AvgIpc) is 2.71. The van der Waals surface area contributed by atoms with Gasteiger partial charge in [0.2, 0.25) is 0 Å². The van der Waals surface area contributed by atoms with Gasteiger partial charge in [-0.1, -0.05) is 34.1 Å². The van der Waals surface area contributed by atoms with Gasteiger partial charge in [-0.3, -0.25) is 9.59 Å². The van der Waals surface area contributed by atoms with E-state index in [9.17, 15) is 9.59 Å². The largest absolute Gasteiger partial charge is 0.484 e.